The first-order valence-corrected chi connectivity index (χ1v) is 6.96. The van der Waals surface area contributed by atoms with E-state index in [0.717, 1.165) is 17.0 Å². The first-order valence-electron chi connectivity index (χ1n) is 6.96. The smallest absolute Gasteiger partial charge is 0.241 e. The molecule has 0 aliphatic carbocycles. The summed E-state index contributed by atoms with van der Waals surface area (Å²) in [4.78, 5) is 8.80. The number of aromatic nitrogens is 3. The number of pyridine rings is 2. The summed E-state index contributed by atoms with van der Waals surface area (Å²) in [6.45, 7) is 3.89. The summed E-state index contributed by atoms with van der Waals surface area (Å²) in [6.07, 6.45) is 4.41. The van der Waals surface area contributed by atoms with E-state index < -0.39 is 0 Å². The molecule has 3 heterocycles. The molecule has 0 radical (unpaired) electrons. The Balaban J connectivity index is 2.07. The van der Waals surface area contributed by atoms with E-state index in [-0.39, 0.29) is 6.04 Å². The van der Waals surface area contributed by atoms with Crippen molar-refractivity contribution in [2.24, 2.45) is 5.73 Å². The van der Waals surface area contributed by atoms with Gasteiger partial charge in [0, 0.05) is 24.9 Å². The predicted octanol–water partition coefficient (Wildman–Crippen LogP) is 2.72. The van der Waals surface area contributed by atoms with Crippen molar-refractivity contribution in [3.63, 3.8) is 0 Å². The van der Waals surface area contributed by atoms with Crippen LogP contribution in [0.1, 0.15) is 18.3 Å². The van der Waals surface area contributed by atoms with E-state index in [0.29, 0.717) is 18.1 Å². The molecule has 0 aliphatic rings. The summed E-state index contributed by atoms with van der Waals surface area (Å²) >= 11 is 0. The van der Waals surface area contributed by atoms with Gasteiger partial charge in [-0.15, -0.1) is 0 Å². The van der Waals surface area contributed by atoms with Crippen LogP contribution in [0.4, 0.5) is 0 Å². The van der Waals surface area contributed by atoms with Crippen LogP contribution in [0, 0.1) is 6.92 Å². The van der Waals surface area contributed by atoms with Crippen molar-refractivity contribution in [2.45, 2.75) is 26.3 Å². The molecular weight excluding hydrogens is 264 g/mol. The van der Waals surface area contributed by atoms with Gasteiger partial charge in [0.2, 0.25) is 5.88 Å². The third-order valence-corrected chi connectivity index (χ3v) is 3.27. The van der Waals surface area contributed by atoms with Gasteiger partial charge in [0.05, 0.1) is 11.4 Å². The van der Waals surface area contributed by atoms with Gasteiger partial charge in [-0.2, -0.15) is 4.98 Å². The Hall–Kier alpha value is -2.40. The monoisotopic (exact) mass is 282 g/mol. The molecule has 0 spiro atoms. The molecule has 21 heavy (non-hydrogen) atoms. The molecule has 0 aromatic carbocycles. The quantitative estimate of drug-likeness (QED) is 0.799. The Morgan fingerprint density at radius 3 is 2.90 bits per heavy atom. The maximum absolute atomic E-state index is 5.98. The van der Waals surface area contributed by atoms with E-state index in [1.54, 1.807) is 6.20 Å². The summed E-state index contributed by atoms with van der Waals surface area (Å²) < 4.78 is 7.99. The molecule has 3 aromatic heterocycles. The second kappa shape index (κ2) is 5.54. The van der Waals surface area contributed by atoms with Crippen molar-refractivity contribution in [1.29, 1.82) is 0 Å². The fourth-order valence-electron chi connectivity index (χ4n) is 2.28. The van der Waals surface area contributed by atoms with Crippen LogP contribution < -0.4 is 10.5 Å². The fourth-order valence-corrected chi connectivity index (χ4v) is 2.28. The van der Waals surface area contributed by atoms with Crippen LogP contribution in [0.3, 0.4) is 0 Å². The van der Waals surface area contributed by atoms with Crippen molar-refractivity contribution in [2.75, 3.05) is 0 Å². The van der Waals surface area contributed by atoms with Crippen molar-refractivity contribution < 1.29 is 4.74 Å². The van der Waals surface area contributed by atoms with E-state index in [9.17, 15) is 0 Å². The predicted molar refractivity (Wildman–Crippen MR) is 81.6 cm³/mol. The molecule has 0 saturated heterocycles. The van der Waals surface area contributed by atoms with Crippen molar-refractivity contribution in [1.82, 2.24) is 14.4 Å². The molecule has 0 amide bonds. The number of fused-ring (bicyclic) bond motifs is 1. The van der Waals surface area contributed by atoms with E-state index in [1.807, 2.05) is 54.8 Å². The highest BCUT2D eigenvalue weighted by molar-refractivity contribution is 5.47. The minimum Gasteiger partial charge on any atom is -0.435 e. The van der Waals surface area contributed by atoms with E-state index in [4.69, 9.17) is 10.5 Å². The first-order chi connectivity index (χ1) is 10.1. The zero-order valence-electron chi connectivity index (χ0n) is 12.2. The summed E-state index contributed by atoms with van der Waals surface area (Å²) in [7, 11) is 0. The number of hydrogen-bond donors (Lipinski definition) is 1. The van der Waals surface area contributed by atoms with Gasteiger partial charge in [-0.1, -0.05) is 6.07 Å². The van der Waals surface area contributed by atoms with Crippen LogP contribution in [0.2, 0.25) is 0 Å². The molecule has 1 atom stereocenters. The molecule has 5 heteroatoms. The molecule has 3 rings (SSSR count). The Labute approximate surface area is 123 Å². The lowest BCUT2D eigenvalue weighted by molar-refractivity contribution is 0.450. The highest BCUT2D eigenvalue weighted by Crippen LogP contribution is 2.27. The van der Waals surface area contributed by atoms with Gasteiger partial charge in [-0.3, -0.25) is 4.98 Å². The van der Waals surface area contributed by atoms with Crippen LogP contribution in [0.25, 0.3) is 5.65 Å². The summed E-state index contributed by atoms with van der Waals surface area (Å²) in [5.41, 5.74) is 8.62. The minimum atomic E-state index is 0.0300. The molecule has 1 unspecified atom stereocenters. The normalized spacial score (nSPS) is 12.5. The fraction of sp³-hybridized carbons (Fsp3) is 0.250. The van der Waals surface area contributed by atoms with Gasteiger partial charge in [0.1, 0.15) is 5.65 Å². The maximum Gasteiger partial charge on any atom is 0.241 e. The Kier molecular flexibility index (Phi) is 3.58. The first kappa shape index (κ1) is 13.6. The largest absolute Gasteiger partial charge is 0.435 e. The topological polar surface area (TPSA) is 65.4 Å². The molecule has 0 bridgehead atoms. The highest BCUT2D eigenvalue weighted by Gasteiger charge is 2.16. The molecule has 0 aliphatic heterocycles. The number of nitrogens with two attached hydrogens (primary N) is 1. The molecule has 0 fully saturated rings. The van der Waals surface area contributed by atoms with E-state index >= 15 is 0 Å². The highest BCUT2D eigenvalue weighted by atomic mass is 16.5. The van der Waals surface area contributed by atoms with Crippen molar-refractivity contribution in [3.8, 4) is 11.6 Å². The van der Waals surface area contributed by atoms with Gasteiger partial charge < -0.3 is 14.9 Å². The van der Waals surface area contributed by atoms with Crippen LogP contribution >= 0.6 is 0 Å². The number of hydrogen-bond acceptors (Lipinski definition) is 4. The average Bonchev–Trinajstić information content (AvgIpc) is 2.79. The minimum absolute atomic E-state index is 0.0300. The van der Waals surface area contributed by atoms with Gasteiger partial charge in [-0.05, 0) is 38.1 Å². The lowest BCUT2D eigenvalue weighted by atomic mass is 10.2. The molecule has 3 aromatic rings. The molecule has 5 nitrogen and oxygen atoms in total. The number of aryl methyl sites for hydroxylation is 1. The van der Waals surface area contributed by atoms with Crippen molar-refractivity contribution in [3.05, 3.63) is 54.1 Å². The second-order valence-electron chi connectivity index (χ2n) is 5.16. The lowest BCUT2D eigenvalue weighted by Gasteiger charge is -2.09. The van der Waals surface area contributed by atoms with Gasteiger partial charge in [0.15, 0.2) is 5.75 Å². The zero-order chi connectivity index (χ0) is 14.8. The number of imidazole rings is 1. The summed E-state index contributed by atoms with van der Waals surface area (Å²) in [5, 5.41) is 0. The SMILES string of the molecule is Cc1ncccc1Oc1nc2ccccn2c1CC(C)N. The molecule has 108 valence electrons. The standard InChI is InChI=1S/C16H18N4O/c1-11(17)10-13-16(19-15-7-3-4-9-20(13)15)21-14-6-5-8-18-12(14)2/h3-9,11H,10,17H2,1-2H3. The van der Waals surface area contributed by atoms with Crippen LogP contribution in [0.5, 0.6) is 11.6 Å². The van der Waals surface area contributed by atoms with Gasteiger partial charge >= 0.3 is 0 Å². The Bertz CT molecular complexity index is 764. The molecule has 2 N–H and O–H groups in total. The van der Waals surface area contributed by atoms with E-state index in [1.165, 1.54) is 0 Å². The Morgan fingerprint density at radius 2 is 2.14 bits per heavy atom. The van der Waals surface area contributed by atoms with Crippen LogP contribution in [0.15, 0.2) is 42.7 Å². The Morgan fingerprint density at radius 1 is 1.29 bits per heavy atom. The lowest BCUT2D eigenvalue weighted by Crippen LogP contribution is -2.19. The van der Waals surface area contributed by atoms with Gasteiger partial charge in [0.25, 0.3) is 0 Å². The van der Waals surface area contributed by atoms with Crippen LogP contribution in [-0.4, -0.2) is 20.4 Å². The van der Waals surface area contributed by atoms with Gasteiger partial charge in [-0.25, -0.2) is 0 Å². The van der Waals surface area contributed by atoms with Crippen LogP contribution in [-0.2, 0) is 6.42 Å². The van der Waals surface area contributed by atoms with E-state index in [2.05, 4.69) is 9.97 Å². The second-order valence-corrected chi connectivity index (χ2v) is 5.16. The summed E-state index contributed by atoms with van der Waals surface area (Å²) in [6, 6.07) is 9.65. The molecule has 0 saturated carbocycles. The maximum atomic E-state index is 5.98. The number of ether oxygens (including phenoxy) is 1. The summed E-state index contributed by atoms with van der Waals surface area (Å²) in [5.74, 6) is 1.31. The number of nitrogens with zero attached hydrogens (tertiary/aromatic N) is 3. The third-order valence-electron chi connectivity index (χ3n) is 3.27. The van der Waals surface area contributed by atoms with Crippen molar-refractivity contribution >= 4 is 5.65 Å². The molecular formula is C16H18N4O. The third kappa shape index (κ3) is 2.73. The number of rotatable bonds is 4. The average molecular weight is 282 g/mol. The zero-order valence-corrected chi connectivity index (χ0v) is 12.2.